The van der Waals surface area contributed by atoms with Crippen LogP contribution in [0.25, 0.3) is 0 Å². The number of ketones is 1. The molecule has 4 N–H and O–H groups in total. The molecule has 2 rings (SSSR count). The Labute approximate surface area is 122 Å². The zero-order valence-corrected chi connectivity index (χ0v) is 11.8. The average molecular weight is 290 g/mol. The molecule has 0 amide bonds. The maximum Gasteiger partial charge on any atom is 0.169 e. The smallest absolute Gasteiger partial charge is 0.169 e. The van der Waals surface area contributed by atoms with E-state index < -0.39 is 0 Å². The molecule has 2 aromatic rings. The van der Waals surface area contributed by atoms with E-state index in [4.69, 9.17) is 15.3 Å². The SMILES string of the molecule is CC(C)C(=O)c1ccc(O)cc1O.Oc1cccc(O)c1. The normalized spacial score (nSPS) is 9.86. The highest BCUT2D eigenvalue weighted by molar-refractivity contribution is 5.99. The summed E-state index contributed by atoms with van der Waals surface area (Å²) in [7, 11) is 0. The Morgan fingerprint density at radius 2 is 1.38 bits per heavy atom. The number of phenolic OH excluding ortho intramolecular Hbond substituents is 4. The van der Waals surface area contributed by atoms with E-state index in [1.54, 1.807) is 19.9 Å². The van der Waals surface area contributed by atoms with Crippen molar-refractivity contribution in [3.05, 3.63) is 48.0 Å². The fourth-order valence-corrected chi connectivity index (χ4v) is 1.53. The van der Waals surface area contributed by atoms with Crippen molar-refractivity contribution in [2.24, 2.45) is 5.92 Å². The Morgan fingerprint density at radius 1 is 0.857 bits per heavy atom. The van der Waals surface area contributed by atoms with Crippen molar-refractivity contribution in [3.8, 4) is 23.0 Å². The number of benzene rings is 2. The zero-order valence-electron chi connectivity index (χ0n) is 11.8. The Bertz CT molecular complexity index is 603. The maximum atomic E-state index is 11.4. The van der Waals surface area contributed by atoms with Crippen LogP contribution in [0.4, 0.5) is 0 Å². The lowest BCUT2D eigenvalue weighted by atomic mass is 10.0. The highest BCUT2D eigenvalue weighted by Crippen LogP contribution is 2.24. The molecule has 0 bridgehead atoms. The molecule has 0 saturated heterocycles. The van der Waals surface area contributed by atoms with Crippen LogP contribution in [0, 0.1) is 5.92 Å². The monoisotopic (exact) mass is 290 g/mol. The van der Waals surface area contributed by atoms with Gasteiger partial charge in [0.25, 0.3) is 0 Å². The molecule has 0 fully saturated rings. The first-order chi connectivity index (χ1) is 9.81. The quantitative estimate of drug-likeness (QED) is 0.637. The minimum atomic E-state index is -0.168. The molecule has 5 nitrogen and oxygen atoms in total. The number of Topliss-reactive ketones (excluding diaryl/α,β-unsaturated/α-hetero) is 1. The topological polar surface area (TPSA) is 98.0 Å². The lowest BCUT2D eigenvalue weighted by Crippen LogP contribution is -2.07. The summed E-state index contributed by atoms with van der Waals surface area (Å²) in [5.74, 6) is -0.320. The van der Waals surface area contributed by atoms with Crippen molar-refractivity contribution in [3.63, 3.8) is 0 Å². The van der Waals surface area contributed by atoms with Gasteiger partial charge in [0.15, 0.2) is 5.78 Å². The van der Waals surface area contributed by atoms with Crippen LogP contribution < -0.4 is 0 Å². The number of aromatic hydroxyl groups is 4. The molecule has 21 heavy (non-hydrogen) atoms. The van der Waals surface area contributed by atoms with Gasteiger partial charge in [-0.05, 0) is 24.3 Å². The summed E-state index contributed by atoms with van der Waals surface area (Å²) in [4.78, 5) is 11.4. The van der Waals surface area contributed by atoms with Crippen molar-refractivity contribution in [1.29, 1.82) is 0 Å². The summed E-state index contributed by atoms with van der Waals surface area (Å²) in [6.07, 6.45) is 0. The standard InChI is InChI=1S/C10H12O3.C6H6O2/c1-6(2)10(13)8-4-3-7(11)5-9(8)12;7-5-2-1-3-6(8)4-5/h3-6,11-12H,1-2H3;1-4,7-8H. The predicted molar refractivity (Wildman–Crippen MR) is 78.7 cm³/mol. The summed E-state index contributed by atoms with van der Waals surface area (Å²) in [6.45, 7) is 3.52. The second-order valence-electron chi connectivity index (χ2n) is 4.74. The number of carbonyl (C=O) groups is 1. The van der Waals surface area contributed by atoms with Gasteiger partial charge in [0.05, 0.1) is 5.56 Å². The Morgan fingerprint density at radius 3 is 1.76 bits per heavy atom. The largest absolute Gasteiger partial charge is 0.508 e. The summed E-state index contributed by atoms with van der Waals surface area (Å²) in [5.41, 5.74) is 0.257. The molecule has 5 heteroatoms. The van der Waals surface area contributed by atoms with Gasteiger partial charge in [-0.3, -0.25) is 4.79 Å². The summed E-state index contributed by atoms with van der Waals surface area (Å²) >= 11 is 0. The molecule has 0 saturated carbocycles. The third kappa shape index (κ3) is 5.06. The van der Waals surface area contributed by atoms with Crippen molar-refractivity contribution in [1.82, 2.24) is 0 Å². The van der Waals surface area contributed by atoms with Crippen LogP contribution in [-0.2, 0) is 0 Å². The fraction of sp³-hybridized carbons (Fsp3) is 0.188. The van der Waals surface area contributed by atoms with E-state index in [1.165, 1.54) is 30.3 Å². The van der Waals surface area contributed by atoms with E-state index in [1.807, 2.05) is 0 Å². The summed E-state index contributed by atoms with van der Waals surface area (Å²) in [6, 6.07) is 9.82. The van der Waals surface area contributed by atoms with E-state index >= 15 is 0 Å². The van der Waals surface area contributed by atoms with Gasteiger partial charge in [0, 0.05) is 18.1 Å². The molecule has 0 spiro atoms. The number of phenols is 4. The molecule has 0 aromatic heterocycles. The third-order valence-corrected chi connectivity index (χ3v) is 2.60. The molecular weight excluding hydrogens is 272 g/mol. The van der Waals surface area contributed by atoms with Crippen molar-refractivity contribution >= 4 is 5.78 Å². The van der Waals surface area contributed by atoms with Gasteiger partial charge in [-0.2, -0.15) is 0 Å². The molecular formula is C16H18O5. The molecule has 0 aliphatic heterocycles. The van der Waals surface area contributed by atoms with Gasteiger partial charge >= 0.3 is 0 Å². The summed E-state index contributed by atoms with van der Waals surface area (Å²) in [5, 5.41) is 35.6. The van der Waals surface area contributed by atoms with Gasteiger partial charge in [-0.1, -0.05) is 19.9 Å². The molecule has 2 aromatic carbocycles. The summed E-state index contributed by atoms with van der Waals surface area (Å²) < 4.78 is 0. The predicted octanol–water partition coefficient (Wildman–Crippen LogP) is 3.03. The molecule has 0 aliphatic rings. The average Bonchev–Trinajstić information content (AvgIpc) is 2.38. The first kappa shape index (κ1) is 16.4. The second kappa shape index (κ2) is 7.19. The van der Waals surface area contributed by atoms with E-state index in [0.29, 0.717) is 0 Å². The van der Waals surface area contributed by atoms with Gasteiger partial charge in [0.2, 0.25) is 0 Å². The van der Waals surface area contributed by atoms with Crippen molar-refractivity contribution < 1.29 is 25.2 Å². The number of hydrogen-bond acceptors (Lipinski definition) is 5. The highest BCUT2D eigenvalue weighted by Gasteiger charge is 2.14. The van der Waals surface area contributed by atoms with Crippen LogP contribution >= 0.6 is 0 Å². The number of rotatable bonds is 2. The number of hydrogen-bond donors (Lipinski definition) is 4. The molecule has 0 heterocycles. The Hall–Kier alpha value is -2.69. The molecule has 0 unspecified atom stereocenters. The van der Waals surface area contributed by atoms with E-state index in [0.717, 1.165) is 6.07 Å². The Kier molecular flexibility index (Phi) is 5.60. The molecule has 0 radical (unpaired) electrons. The first-order valence-electron chi connectivity index (χ1n) is 6.35. The lowest BCUT2D eigenvalue weighted by molar-refractivity contribution is 0.0936. The van der Waals surface area contributed by atoms with E-state index in [9.17, 15) is 9.90 Å². The maximum absolute atomic E-state index is 11.4. The van der Waals surface area contributed by atoms with Gasteiger partial charge in [-0.25, -0.2) is 0 Å². The van der Waals surface area contributed by atoms with Gasteiger partial charge in [-0.15, -0.1) is 0 Å². The molecule has 112 valence electrons. The zero-order chi connectivity index (χ0) is 16.0. The number of carbonyl (C=O) groups excluding carboxylic acids is 1. The first-order valence-corrected chi connectivity index (χ1v) is 6.35. The third-order valence-electron chi connectivity index (χ3n) is 2.60. The highest BCUT2D eigenvalue weighted by atomic mass is 16.3. The minimum Gasteiger partial charge on any atom is -0.508 e. The van der Waals surface area contributed by atoms with E-state index in [-0.39, 0.29) is 40.3 Å². The van der Waals surface area contributed by atoms with Crippen LogP contribution in [0.5, 0.6) is 23.0 Å². The van der Waals surface area contributed by atoms with Crippen LogP contribution in [0.2, 0.25) is 0 Å². The van der Waals surface area contributed by atoms with Crippen LogP contribution in [-0.4, -0.2) is 26.2 Å². The lowest BCUT2D eigenvalue weighted by Gasteiger charge is -2.06. The van der Waals surface area contributed by atoms with Crippen LogP contribution in [0.15, 0.2) is 42.5 Å². The van der Waals surface area contributed by atoms with Crippen LogP contribution in [0.1, 0.15) is 24.2 Å². The van der Waals surface area contributed by atoms with E-state index in [2.05, 4.69) is 0 Å². The Balaban J connectivity index is 0.000000235. The molecule has 0 atom stereocenters. The van der Waals surface area contributed by atoms with Gasteiger partial charge < -0.3 is 20.4 Å². The second-order valence-corrected chi connectivity index (χ2v) is 4.74. The molecule has 0 aliphatic carbocycles. The van der Waals surface area contributed by atoms with Crippen molar-refractivity contribution in [2.45, 2.75) is 13.8 Å². The minimum absolute atomic E-state index is 0.0437. The van der Waals surface area contributed by atoms with Crippen molar-refractivity contribution in [2.75, 3.05) is 0 Å². The van der Waals surface area contributed by atoms with Crippen LogP contribution in [0.3, 0.4) is 0 Å². The van der Waals surface area contributed by atoms with Gasteiger partial charge in [0.1, 0.15) is 23.0 Å². The fourth-order valence-electron chi connectivity index (χ4n) is 1.53.